The number of carbonyl (C=O) groups excluding carboxylic acids is 5. The molecule has 0 aliphatic carbocycles. The summed E-state index contributed by atoms with van der Waals surface area (Å²) in [5, 5.41) is 5.65. The van der Waals surface area contributed by atoms with E-state index in [2.05, 4.69) is 20.6 Å². The first kappa shape index (κ1) is 33.9. The molecule has 2 aromatic heterocycles. The van der Waals surface area contributed by atoms with Crippen LogP contribution in [0.3, 0.4) is 0 Å². The Hall–Kier alpha value is -3.63. The third-order valence-corrected chi connectivity index (χ3v) is 6.70. The molecule has 17 heteroatoms. The van der Waals surface area contributed by atoms with E-state index in [1.165, 1.54) is 38.5 Å². The number of fused-ring (bicyclic) bond motifs is 1. The Morgan fingerprint density at radius 3 is 2.30 bits per heavy atom. The average Bonchev–Trinajstić information content (AvgIpc) is 3.35. The first-order chi connectivity index (χ1) is 20.0. The number of rotatable bonds is 9. The molecule has 1 unspecified atom stereocenters. The number of anilines is 2. The largest absolute Gasteiger partial charge is 0.463 e. The van der Waals surface area contributed by atoms with Crippen LogP contribution >= 0.6 is 23.4 Å². The van der Waals surface area contributed by atoms with Crippen LogP contribution < -0.4 is 10.6 Å². The van der Waals surface area contributed by atoms with E-state index in [-0.39, 0.29) is 40.2 Å². The van der Waals surface area contributed by atoms with Gasteiger partial charge in [0.2, 0.25) is 5.91 Å². The van der Waals surface area contributed by atoms with Crippen molar-refractivity contribution in [1.29, 1.82) is 0 Å². The first-order valence-corrected chi connectivity index (χ1v) is 14.7. The molecule has 1 saturated heterocycles. The molecule has 15 nitrogen and oxygen atoms in total. The molecule has 1 aliphatic rings. The van der Waals surface area contributed by atoms with Crippen LogP contribution in [0.4, 0.5) is 16.3 Å². The summed E-state index contributed by atoms with van der Waals surface area (Å²) in [4.78, 5) is 70.3. The van der Waals surface area contributed by atoms with Crippen molar-refractivity contribution in [2.75, 3.05) is 29.4 Å². The summed E-state index contributed by atoms with van der Waals surface area (Å²) < 4.78 is 29.6. The van der Waals surface area contributed by atoms with Gasteiger partial charge in [0.15, 0.2) is 28.7 Å². The van der Waals surface area contributed by atoms with Gasteiger partial charge in [-0.1, -0.05) is 11.8 Å². The number of hydrogen-bond donors (Lipinski definition) is 2. The smallest absolute Gasteiger partial charge is 0.412 e. The normalized spacial score (nSPS) is 21.7. The second-order valence-electron chi connectivity index (χ2n) is 10.7. The number of carbonyl (C=O) groups is 5. The van der Waals surface area contributed by atoms with Crippen molar-refractivity contribution in [3.63, 3.8) is 0 Å². The van der Waals surface area contributed by atoms with Gasteiger partial charge in [-0.3, -0.25) is 29.1 Å². The van der Waals surface area contributed by atoms with Gasteiger partial charge in [0.25, 0.3) is 0 Å². The molecule has 4 atom stereocenters. The number of amides is 2. The number of aromatic nitrogens is 3. The fraction of sp³-hybridized carbons (Fsp3) is 0.577. The van der Waals surface area contributed by atoms with Crippen LogP contribution in [-0.2, 0) is 42.9 Å². The zero-order valence-corrected chi connectivity index (χ0v) is 26.5. The van der Waals surface area contributed by atoms with Gasteiger partial charge in [0.05, 0.1) is 11.1 Å². The van der Waals surface area contributed by atoms with E-state index < -0.39 is 59.5 Å². The molecule has 43 heavy (non-hydrogen) atoms. The lowest BCUT2D eigenvalue weighted by Gasteiger charge is -2.34. The standard InChI is InChI=1S/C26H34ClN5O10S/c1-12(33)38-11-16-19(39-13(2)34)26(7,41-14(3)35)22(40-16)32-10-15(28-24(37)42-25(4,5)6)18-20(29-17(36)9-27)30-23(43-8)31-21(18)32/h10,16,19,22H,9,11H2,1-8H3,(H,28,37)(H,29,30,31,36)/t16-,19-,22?,26+/m1/s1. The van der Waals surface area contributed by atoms with E-state index in [1.807, 2.05) is 0 Å². The van der Waals surface area contributed by atoms with E-state index in [4.69, 9.17) is 35.3 Å². The highest BCUT2D eigenvalue weighted by Crippen LogP contribution is 2.46. The van der Waals surface area contributed by atoms with Gasteiger partial charge in [-0.25, -0.2) is 14.8 Å². The predicted molar refractivity (Wildman–Crippen MR) is 155 cm³/mol. The summed E-state index contributed by atoms with van der Waals surface area (Å²) in [5.74, 6) is -2.99. The molecule has 1 fully saturated rings. The van der Waals surface area contributed by atoms with Crippen LogP contribution in [0.25, 0.3) is 11.0 Å². The highest BCUT2D eigenvalue weighted by molar-refractivity contribution is 7.98. The van der Waals surface area contributed by atoms with E-state index in [0.717, 1.165) is 11.8 Å². The van der Waals surface area contributed by atoms with Crippen molar-refractivity contribution in [3.05, 3.63) is 6.20 Å². The molecule has 0 spiro atoms. The van der Waals surface area contributed by atoms with Crippen molar-refractivity contribution in [3.8, 4) is 0 Å². The summed E-state index contributed by atoms with van der Waals surface area (Å²) in [5.41, 5.74) is -2.32. The van der Waals surface area contributed by atoms with Crippen molar-refractivity contribution in [2.45, 2.75) is 83.3 Å². The van der Waals surface area contributed by atoms with Crippen LogP contribution in [0.2, 0.25) is 0 Å². The minimum Gasteiger partial charge on any atom is -0.463 e. The lowest BCUT2D eigenvalue weighted by Crippen LogP contribution is -2.50. The van der Waals surface area contributed by atoms with Gasteiger partial charge < -0.3 is 29.0 Å². The zero-order valence-electron chi connectivity index (χ0n) is 24.9. The quantitative estimate of drug-likeness (QED) is 0.133. The second kappa shape index (κ2) is 13.3. The summed E-state index contributed by atoms with van der Waals surface area (Å²) in [6.07, 6.45) is -1.28. The molecule has 2 amide bonds. The summed E-state index contributed by atoms with van der Waals surface area (Å²) in [6, 6.07) is 0. The fourth-order valence-electron chi connectivity index (χ4n) is 4.50. The van der Waals surface area contributed by atoms with Crippen molar-refractivity contribution >= 4 is 75.8 Å². The van der Waals surface area contributed by atoms with E-state index in [9.17, 15) is 24.0 Å². The van der Waals surface area contributed by atoms with E-state index in [0.29, 0.717) is 0 Å². The maximum absolute atomic E-state index is 12.9. The molecular formula is C26H34ClN5O10S. The monoisotopic (exact) mass is 643 g/mol. The lowest BCUT2D eigenvalue weighted by molar-refractivity contribution is -0.184. The highest BCUT2D eigenvalue weighted by atomic mass is 35.5. The molecular weight excluding hydrogens is 610 g/mol. The lowest BCUT2D eigenvalue weighted by atomic mass is 9.95. The molecule has 3 heterocycles. The molecule has 0 aromatic carbocycles. The first-order valence-electron chi connectivity index (χ1n) is 13.0. The molecule has 0 saturated carbocycles. The van der Waals surface area contributed by atoms with Crippen molar-refractivity contribution in [1.82, 2.24) is 14.5 Å². The van der Waals surface area contributed by atoms with Crippen molar-refractivity contribution in [2.24, 2.45) is 0 Å². The SMILES string of the molecule is CSc1nc(NC(=O)CCl)c2c(NC(=O)OC(C)(C)C)cn(C3O[C@H](COC(C)=O)[C@@H](OC(C)=O)[C@]3(C)OC(C)=O)c2n1. The highest BCUT2D eigenvalue weighted by Gasteiger charge is 2.60. The van der Waals surface area contributed by atoms with Gasteiger partial charge in [-0.2, -0.15) is 0 Å². The Bertz CT molecular complexity index is 1430. The average molecular weight is 644 g/mol. The maximum Gasteiger partial charge on any atom is 0.412 e. The Morgan fingerprint density at radius 1 is 1.09 bits per heavy atom. The van der Waals surface area contributed by atoms with Crippen molar-refractivity contribution < 1.29 is 47.7 Å². The van der Waals surface area contributed by atoms with Crippen LogP contribution in [0.5, 0.6) is 0 Å². The topological polar surface area (TPSA) is 186 Å². The number of alkyl halides is 1. The van der Waals surface area contributed by atoms with Gasteiger partial charge >= 0.3 is 24.0 Å². The Balaban J connectivity index is 2.31. The predicted octanol–water partition coefficient (Wildman–Crippen LogP) is 3.39. The molecule has 3 rings (SSSR count). The number of hydrogen-bond acceptors (Lipinski definition) is 13. The number of nitrogens with zero attached hydrogens (tertiary/aromatic N) is 3. The second-order valence-corrected chi connectivity index (χ2v) is 11.7. The summed E-state index contributed by atoms with van der Waals surface area (Å²) in [7, 11) is 0. The van der Waals surface area contributed by atoms with Gasteiger partial charge in [0.1, 0.15) is 30.0 Å². The molecule has 0 bridgehead atoms. The molecule has 0 radical (unpaired) electrons. The minimum atomic E-state index is -1.71. The number of ether oxygens (including phenoxy) is 5. The third kappa shape index (κ3) is 8.06. The molecule has 1 aliphatic heterocycles. The van der Waals surface area contributed by atoms with Crippen LogP contribution in [0, 0.1) is 0 Å². The molecule has 2 aromatic rings. The fourth-order valence-corrected chi connectivity index (χ4v) is 4.93. The van der Waals surface area contributed by atoms with Crippen LogP contribution in [-0.4, -0.2) is 86.6 Å². The van der Waals surface area contributed by atoms with E-state index in [1.54, 1.807) is 27.0 Å². The van der Waals surface area contributed by atoms with Gasteiger partial charge in [-0.05, 0) is 34.0 Å². The Morgan fingerprint density at radius 2 is 1.77 bits per heavy atom. The van der Waals surface area contributed by atoms with Crippen LogP contribution in [0.1, 0.15) is 54.7 Å². The Labute approximate surface area is 256 Å². The zero-order chi connectivity index (χ0) is 32.3. The summed E-state index contributed by atoms with van der Waals surface area (Å²) in [6.45, 7) is 9.74. The number of nitrogens with one attached hydrogen (secondary N) is 2. The minimum absolute atomic E-state index is 0.0185. The molecule has 236 valence electrons. The van der Waals surface area contributed by atoms with Gasteiger partial charge in [-0.15, -0.1) is 11.6 Å². The van der Waals surface area contributed by atoms with Crippen LogP contribution in [0.15, 0.2) is 11.4 Å². The maximum atomic E-state index is 12.9. The number of thioether (sulfide) groups is 1. The number of esters is 3. The molecule has 2 N–H and O–H groups in total. The van der Waals surface area contributed by atoms with E-state index >= 15 is 0 Å². The van der Waals surface area contributed by atoms with Gasteiger partial charge in [0, 0.05) is 27.0 Å². The summed E-state index contributed by atoms with van der Waals surface area (Å²) >= 11 is 6.90. The Kier molecular flexibility index (Phi) is 10.5. The number of halogens is 1. The third-order valence-electron chi connectivity index (χ3n) is 5.91.